The van der Waals surface area contributed by atoms with Gasteiger partial charge in [0.05, 0.1) is 11.8 Å². The number of thiazole rings is 1. The summed E-state index contributed by atoms with van der Waals surface area (Å²) >= 11 is 7.81. The fourth-order valence-electron chi connectivity index (χ4n) is 3.31. The molecular weight excluding hydrogens is 403 g/mol. The predicted molar refractivity (Wildman–Crippen MR) is 121 cm³/mol. The lowest BCUT2D eigenvalue weighted by Crippen LogP contribution is -2.12. The molecule has 0 amide bonds. The van der Waals surface area contributed by atoms with Crippen molar-refractivity contribution in [2.45, 2.75) is 45.4 Å². The number of aromatic nitrogens is 3. The van der Waals surface area contributed by atoms with Gasteiger partial charge in [0.1, 0.15) is 18.1 Å². The SMILES string of the molecule is CC(C)Cc1cc(-c2csc(Nc3ccc(Cl)c(OC4C[B]CC4)n3)n2)ccn1. The van der Waals surface area contributed by atoms with Crippen LogP contribution in [0.5, 0.6) is 5.88 Å². The van der Waals surface area contributed by atoms with Crippen molar-refractivity contribution in [2.24, 2.45) is 5.92 Å². The molecule has 1 N–H and O–H groups in total. The molecule has 1 unspecified atom stereocenters. The number of hydrogen-bond donors (Lipinski definition) is 1. The molecule has 4 heterocycles. The van der Waals surface area contributed by atoms with E-state index in [2.05, 4.69) is 42.5 Å². The quantitative estimate of drug-likeness (QED) is 0.478. The van der Waals surface area contributed by atoms with Crippen LogP contribution in [0.1, 0.15) is 26.0 Å². The molecule has 149 valence electrons. The highest BCUT2D eigenvalue weighted by Crippen LogP contribution is 2.31. The molecule has 5 nitrogen and oxygen atoms in total. The van der Waals surface area contributed by atoms with Crippen molar-refractivity contribution < 1.29 is 4.74 Å². The molecular formula is C21H23BClN4OS. The number of anilines is 2. The third-order valence-corrected chi connectivity index (χ3v) is 5.73. The first-order valence-electron chi connectivity index (χ1n) is 9.89. The highest BCUT2D eigenvalue weighted by Gasteiger charge is 2.19. The standard InChI is InChI=1S/C21H23BClN4OS/c1-13(2)9-15-10-14(6-8-24-15)18-12-29-21(25-18)27-19-4-3-17(23)20(26-19)28-16-5-7-22-11-16/h3-4,6,8,10,12-13,16H,5,7,9,11H2,1-2H3,(H,25,26,27). The van der Waals surface area contributed by atoms with Gasteiger partial charge < -0.3 is 10.1 Å². The first kappa shape index (κ1) is 20.2. The molecule has 0 bridgehead atoms. The van der Waals surface area contributed by atoms with Crippen LogP contribution in [0.4, 0.5) is 10.9 Å². The molecule has 0 aliphatic carbocycles. The molecule has 3 aromatic rings. The second-order valence-electron chi connectivity index (χ2n) is 7.62. The number of pyridine rings is 2. The molecule has 1 aliphatic rings. The van der Waals surface area contributed by atoms with E-state index in [4.69, 9.17) is 21.3 Å². The van der Waals surface area contributed by atoms with Gasteiger partial charge in [-0.15, -0.1) is 11.3 Å². The second-order valence-corrected chi connectivity index (χ2v) is 8.89. The van der Waals surface area contributed by atoms with Crippen molar-refractivity contribution in [1.82, 2.24) is 15.0 Å². The fourth-order valence-corrected chi connectivity index (χ4v) is 4.18. The Bertz CT molecular complexity index is 975. The Hall–Kier alpha value is -2.12. The topological polar surface area (TPSA) is 59.9 Å². The van der Waals surface area contributed by atoms with Gasteiger partial charge in [-0.2, -0.15) is 4.98 Å². The molecule has 4 rings (SSSR count). The van der Waals surface area contributed by atoms with Crippen molar-refractivity contribution in [3.8, 4) is 17.1 Å². The zero-order chi connectivity index (χ0) is 20.2. The Labute approximate surface area is 181 Å². The fraction of sp³-hybridized carbons (Fsp3) is 0.381. The van der Waals surface area contributed by atoms with Gasteiger partial charge in [-0.1, -0.05) is 31.8 Å². The Morgan fingerprint density at radius 1 is 1.31 bits per heavy atom. The molecule has 1 radical (unpaired) electrons. The maximum Gasteiger partial charge on any atom is 0.234 e. The molecule has 3 aromatic heterocycles. The minimum Gasteiger partial charge on any atom is -0.474 e. The van der Waals surface area contributed by atoms with Crippen molar-refractivity contribution >= 4 is 41.2 Å². The van der Waals surface area contributed by atoms with Crippen molar-refractivity contribution in [3.05, 3.63) is 46.6 Å². The molecule has 0 saturated carbocycles. The normalized spacial score (nSPS) is 16.1. The van der Waals surface area contributed by atoms with Crippen LogP contribution in [0, 0.1) is 5.92 Å². The largest absolute Gasteiger partial charge is 0.474 e. The van der Waals surface area contributed by atoms with Gasteiger partial charge in [-0.05, 0) is 49.3 Å². The number of nitrogens with zero attached hydrogens (tertiary/aromatic N) is 3. The lowest BCUT2D eigenvalue weighted by atomic mass is 9.77. The average molecular weight is 426 g/mol. The smallest absolute Gasteiger partial charge is 0.234 e. The third kappa shape index (κ3) is 5.28. The number of hydrogen-bond acceptors (Lipinski definition) is 6. The molecule has 1 atom stereocenters. The number of nitrogens with one attached hydrogen (secondary N) is 1. The summed E-state index contributed by atoms with van der Waals surface area (Å²) < 4.78 is 5.97. The van der Waals surface area contributed by atoms with Crippen molar-refractivity contribution in [3.63, 3.8) is 0 Å². The molecule has 8 heteroatoms. The summed E-state index contributed by atoms with van der Waals surface area (Å²) in [7, 11) is 2.24. The Kier molecular flexibility index (Phi) is 6.35. The number of rotatable bonds is 7. The molecule has 29 heavy (non-hydrogen) atoms. The predicted octanol–water partition coefficient (Wildman–Crippen LogP) is 5.89. The van der Waals surface area contributed by atoms with Gasteiger partial charge in [0, 0.05) is 22.8 Å². The van der Waals surface area contributed by atoms with E-state index in [0.717, 1.165) is 47.6 Å². The van der Waals surface area contributed by atoms with Gasteiger partial charge in [0.2, 0.25) is 5.88 Å². The lowest BCUT2D eigenvalue weighted by Gasteiger charge is -2.14. The van der Waals surface area contributed by atoms with Crippen LogP contribution < -0.4 is 10.1 Å². The first-order valence-corrected chi connectivity index (χ1v) is 11.2. The van der Waals surface area contributed by atoms with Crippen LogP contribution >= 0.6 is 22.9 Å². The van der Waals surface area contributed by atoms with Gasteiger partial charge in [-0.25, -0.2) is 4.98 Å². The highest BCUT2D eigenvalue weighted by molar-refractivity contribution is 7.14. The third-order valence-electron chi connectivity index (χ3n) is 4.68. The van der Waals surface area contributed by atoms with E-state index in [1.807, 2.05) is 23.7 Å². The Balaban J connectivity index is 1.48. The van der Waals surface area contributed by atoms with E-state index < -0.39 is 0 Å². The number of ether oxygens (including phenoxy) is 1. The summed E-state index contributed by atoms with van der Waals surface area (Å²) in [5.74, 6) is 1.71. The van der Waals surface area contributed by atoms with Crippen LogP contribution in [-0.2, 0) is 6.42 Å². The van der Waals surface area contributed by atoms with E-state index in [9.17, 15) is 0 Å². The summed E-state index contributed by atoms with van der Waals surface area (Å²) in [6.45, 7) is 4.39. The van der Waals surface area contributed by atoms with Crippen molar-refractivity contribution in [2.75, 3.05) is 5.32 Å². The van der Waals surface area contributed by atoms with Gasteiger partial charge in [-0.3, -0.25) is 4.98 Å². The molecule has 1 saturated heterocycles. The van der Waals surface area contributed by atoms with E-state index in [0.29, 0.717) is 22.6 Å². The molecule has 0 spiro atoms. The monoisotopic (exact) mass is 425 g/mol. The zero-order valence-corrected chi connectivity index (χ0v) is 18.1. The summed E-state index contributed by atoms with van der Waals surface area (Å²) in [5, 5.41) is 6.61. The van der Waals surface area contributed by atoms with E-state index in [-0.39, 0.29) is 6.10 Å². The van der Waals surface area contributed by atoms with E-state index in [1.165, 1.54) is 0 Å². The Morgan fingerprint density at radius 3 is 3.00 bits per heavy atom. The van der Waals surface area contributed by atoms with Gasteiger partial charge >= 0.3 is 0 Å². The second kappa shape index (κ2) is 9.14. The molecule has 0 aromatic carbocycles. The van der Waals surface area contributed by atoms with Gasteiger partial charge in [0.25, 0.3) is 0 Å². The van der Waals surface area contributed by atoms with Crippen LogP contribution in [0.3, 0.4) is 0 Å². The lowest BCUT2D eigenvalue weighted by molar-refractivity contribution is 0.217. The maximum atomic E-state index is 6.27. The van der Waals surface area contributed by atoms with Crippen molar-refractivity contribution in [1.29, 1.82) is 0 Å². The van der Waals surface area contributed by atoms with Crippen LogP contribution in [0.15, 0.2) is 35.8 Å². The molecule has 1 aliphatic heterocycles. The summed E-state index contributed by atoms with van der Waals surface area (Å²) in [6, 6.07) is 7.75. The van der Waals surface area contributed by atoms with Crippen LogP contribution in [0.2, 0.25) is 17.7 Å². The highest BCUT2D eigenvalue weighted by atomic mass is 35.5. The first-order chi connectivity index (χ1) is 14.1. The maximum absolute atomic E-state index is 6.27. The minimum absolute atomic E-state index is 0.161. The minimum atomic E-state index is 0.161. The van der Waals surface area contributed by atoms with E-state index >= 15 is 0 Å². The zero-order valence-electron chi connectivity index (χ0n) is 16.6. The number of halogens is 1. The van der Waals surface area contributed by atoms with E-state index in [1.54, 1.807) is 17.4 Å². The summed E-state index contributed by atoms with van der Waals surface area (Å²) in [5.41, 5.74) is 3.09. The summed E-state index contributed by atoms with van der Waals surface area (Å²) in [6.07, 6.45) is 6.00. The van der Waals surface area contributed by atoms with Gasteiger partial charge in [0.15, 0.2) is 5.13 Å². The average Bonchev–Trinajstić information content (AvgIpc) is 3.36. The Morgan fingerprint density at radius 2 is 2.21 bits per heavy atom. The van der Waals surface area contributed by atoms with Crippen LogP contribution in [-0.4, -0.2) is 28.3 Å². The van der Waals surface area contributed by atoms with Crippen LogP contribution in [0.25, 0.3) is 11.3 Å². The summed E-state index contributed by atoms with van der Waals surface area (Å²) in [4.78, 5) is 13.7. The molecule has 1 fully saturated rings.